The minimum Gasteiger partial charge on any atom is -0.444 e. The van der Waals surface area contributed by atoms with E-state index in [-0.39, 0.29) is 6.09 Å². The maximum Gasteiger partial charge on any atom is 0.410 e. The highest BCUT2D eigenvalue weighted by Gasteiger charge is 2.26. The van der Waals surface area contributed by atoms with Gasteiger partial charge in [-0.3, -0.25) is 0 Å². The fourth-order valence-electron chi connectivity index (χ4n) is 2.36. The fraction of sp³-hybridized carbons (Fsp3) is 0.562. The van der Waals surface area contributed by atoms with Crippen molar-refractivity contribution in [3.63, 3.8) is 0 Å². The number of rotatable bonds is 2. The number of hydrogen-bond donors (Lipinski definition) is 1. The van der Waals surface area contributed by atoms with Gasteiger partial charge >= 0.3 is 6.09 Å². The highest BCUT2D eigenvalue weighted by molar-refractivity contribution is 14.1. The van der Waals surface area contributed by atoms with Gasteiger partial charge in [0.25, 0.3) is 0 Å². The molecule has 0 atom stereocenters. The van der Waals surface area contributed by atoms with E-state index in [1.165, 1.54) is 0 Å². The molecule has 0 aromatic heterocycles. The first kappa shape index (κ1) is 17.7. The maximum atomic E-state index is 12.0. The molecule has 6 heteroatoms. The van der Waals surface area contributed by atoms with E-state index in [4.69, 9.17) is 16.3 Å². The molecule has 0 radical (unpaired) electrons. The summed E-state index contributed by atoms with van der Waals surface area (Å²) in [6, 6.07) is 6.21. The van der Waals surface area contributed by atoms with Crippen LogP contribution >= 0.6 is 34.2 Å². The lowest BCUT2D eigenvalue weighted by atomic mass is 10.0. The van der Waals surface area contributed by atoms with E-state index in [1.54, 1.807) is 4.90 Å². The summed E-state index contributed by atoms with van der Waals surface area (Å²) in [5.74, 6) is 0. The Morgan fingerprint density at radius 3 is 2.55 bits per heavy atom. The number of piperidine rings is 1. The van der Waals surface area contributed by atoms with E-state index in [0.717, 1.165) is 40.2 Å². The highest BCUT2D eigenvalue weighted by Crippen LogP contribution is 2.25. The molecule has 0 spiro atoms. The van der Waals surface area contributed by atoms with Gasteiger partial charge in [0, 0.05) is 33.4 Å². The van der Waals surface area contributed by atoms with Crippen LogP contribution in [0.2, 0.25) is 5.02 Å². The van der Waals surface area contributed by atoms with Gasteiger partial charge in [-0.2, -0.15) is 0 Å². The quantitative estimate of drug-likeness (QED) is 0.680. The standard InChI is InChI=1S/C16H22ClIN2O2/c1-16(2,3)22-15(21)20-8-6-12(7-9-20)19-14-5-4-11(17)10-13(14)18/h4-5,10,12,19H,6-9H2,1-3H3. The molecule has 1 saturated heterocycles. The summed E-state index contributed by atoms with van der Waals surface area (Å²) >= 11 is 8.26. The number of nitrogens with one attached hydrogen (secondary N) is 1. The molecule has 22 heavy (non-hydrogen) atoms. The van der Waals surface area contributed by atoms with Gasteiger partial charge in [0.05, 0.1) is 0 Å². The average molecular weight is 437 g/mol. The minimum atomic E-state index is -0.439. The lowest BCUT2D eigenvalue weighted by Crippen LogP contribution is -2.44. The Labute approximate surface area is 150 Å². The number of halogens is 2. The second-order valence-electron chi connectivity index (χ2n) is 6.51. The van der Waals surface area contributed by atoms with Crippen LogP contribution in [-0.2, 0) is 4.74 Å². The van der Waals surface area contributed by atoms with Crippen LogP contribution in [-0.4, -0.2) is 35.7 Å². The van der Waals surface area contributed by atoms with Crippen LogP contribution in [0, 0.1) is 3.57 Å². The number of benzene rings is 1. The maximum absolute atomic E-state index is 12.0. The average Bonchev–Trinajstić information content (AvgIpc) is 2.41. The molecule has 0 unspecified atom stereocenters. The Kier molecular flexibility index (Phi) is 5.82. The van der Waals surface area contributed by atoms with Gasteiger partial charge in [-0.05, 0) is 74.4 Å². The largest absolute Gasteiger partial charge is 0.444 e. The molecule has 0 aliphatic carbocycles. The van der Waals surface area contributed by atoms with Crippen molar-refractivity contribution in [1.82, 2.24) is 4.90 Å². The summed E-state index contributed by atoms with van der Waals surface area (Å²) in [5, 5.41) is 4.28. The van der Waals surface area contributed by atoms with Gasteiger partial charge in [0.2, 0.25) is 0 Å². The Morgan fingerprint density at radius 1 is 1.36 bits per heavy atom. The van der Waals surface area contributed by atoms with Crippen molar-refractivity contribution >= 4 is 46.0 Å². The van der Waals surface area contributed by atoms with E-state index < -0.39 is 5.60 Å². The lowest BCUT2D eigenvalue weighted by Gasteiger charge is -2.34. The number of ether oxygens (including phenoxy) is 1. The van der Waals surface area contributed by atoms with Crippen LogP contribution in [0.1, 0.15) is 33.6 Å². The third-order valence-corrected chi connectivity index (χ3v) is 4.57. The van der Waals surface area contributed by atoms with Gasteiger partial charge in [-0.15, -0.1) is 0 Å². The summed E-state index contributed by atoms with van der Waals surface area (Å²) in [4.78, 5) is 13.8. The molecular weight excluding hydrogens is 415 g/mol. The molecule has 2 rings (SSSR count). The first-order chi connectivity index (χ1) is 10.2. The van der Waals surface area contributed by atoms with Crippen molar-refractivity contribution in [2.24, 2.45) is 0 Å². The van der Waals surface area contributed by atoms with Crippen LogP contribution in [0.15, 0.2) is 18.2 Å². The summed E-state index contributed by atoms with van der Waals surface area (Å²) in [6.07, 6.45) is 1.61. The topological polar surface area (TPSA) is 41.6 Å². The van der Waals surface area contributed by atoms with E-state index in [0.29, 0.717) is 6.04 Å². The number of nitrogens with zero attached hydrogens (tertiary/aromatic N) is 1. The summed E-state index contributed by atoms with van der Waals surface area (Å²) < 4.78 is 6.52. The number of anilines is 1. The molecular formula is C16H22ClIN2O2. The van der Waals surface area contributed by atoms with Crippen LogP contribution in [0.5, 0.6) is 0 Å². The van der Waals surface area contributed by atoms with Crippen molar-refractivity contribution < 1.29 is 9.53 Å². The van der Waals surface area contributed by atoms with Gasteiger partial charge in [-0.1, -0.05) is 11.6 Å². The number of carbonyl (C=O) groups is 1. The summed E-state index contributed by atoms with van der Waals surface area (Å²) in [5.41, 5.74) is 0.659. The molecule has 1 amide bonds. The third kappa shape index (κ3) is 5.19. The van der Waals surface area contributed by atoms with Crippen molar-refractivity contribution in [2.45, 2.75) is 45.3 Å². The van der Waals surface area contributed by atoms with Crippen molar-refractivity contribution in [3.8, 4) is 0 Å². The predicted molar refractivity (Wildman–Crippen MR) is 98.6 cm³/mol. The normalized spacial score (nSPS) is 16.5. The molecule has 1 aromatic rings. The molecule has 122 valence electrons. The molecule has 1 fully saturated rings. The predicted octanol–water partition coefficient (Wildman–Crippen LogP) is 4.76. The van der Waals surface area contributed by atoms with Crippen LogP contribution in [0.4, 0.5) is 10.5 Å². The summed E-state index contributed by atoms with van der Waals surface area (Å²) in [6.45, 7) is 7.11. The number of carbonyl (C=O) groups excluding carboxylic acids is 1. The first-order valence-electron chi connectivity index (χ1n) is 7.44. The molecule has 1 aliphatic rings. The second-order valence-corrected chi connectivity index (χ2v) is 8.11. The first-order valence-corrected chi connectivity index (χ1v) is 8.90. The Balaban J connectivity index is 1.86. The van der Waals surface area contributed by atoms with Gasteiger partial charge < -0.3 is 15.0 Å². The van der Waals surface area contributed by atoms with E-state index >= 15 is 0 Å². The SMILES string of the molecule is CC(C)(C)OC(=O)N1CCC(Nc2ccc(Cl)cc2I)CC1. The fourth-order valence-corrected chi connectivity index (χ4v) is 3.39. The van der Waals surface area contributed by atoms with Crippen molar-refractivity contribution in [2.75, 3.05) is 18.4 Å². The molecule has 1 heterocycles. The van der Waals surface area contributed by atoms with Gasteiger partial charge in [0.1, 0.15) is 5.60 Å². The zero-order valence-corrected chi connectivity index (χ0v) is 16.1. The van der Waals surface area contributed by atoms with E-state index in [9.17, 15) is 4.79 Å². The van der Waals surface area contributed by atoms with Gasteiger partial charge in [-0.25, -0.2) is 4.79 Å². The number of amides is 1. The smallest absolute Gasteiger partial charge is 0.410 e. The van der Waals surface area contributed by atoms with Crippen LogP contribution in [0.25, 0.3) is 0 Å². The van der Waals surface area contributed by atoms with E-state index in [1.807, 2.05) is 39.0 Å². The molecule has 4 nitrogen and oxygen atoms in total. The zero-order valence-electron chi connectivity index (χ0n) is 13.2. The Hall–Kier alpha value is -0.690. The Bertz CT molecular complexity index is 537. The summed E-state index contributed by atoms with van der Waals surface area (Å²) in [7, 11) is 0. The molecule has 1 aliphatic heterocycles. The molecule has 0 saturated carbocycles. The molecule has 0 bridgehead atoms. The second kappa shape index (κ2) is 7.25. The number of hydrogen-bond acceptors (Lipinski definition) is 3. The zero-order chi connectivity index (χ0) is 16.3. The van der Waals surface area contributed by atoms with Crippen LogP contribution < -0.4 is 5.32 Å². The molecule has 1 aromatic carbocycles. The van der Waals surface area contributed by atoms with Crippen molar-refractivity contribution in [3.05, 3.63) is 26.8 Å². The van der Waals surface area contributed by atoms with Crippen molar-refractivity contribution in [1.29, 1.82) is 0 Å². The molecule has 1 N–H and O–H groups in total. The highest BCUT2D eigenvalue weighted by atomic mass is 127. The third-order valence-electron chi connectivity index (χ3n) is 3.44. The minimum absolute atomic E-state index is 0.216. The number of likely N-dealkylation sites (tertiary alicyclic amines) is 1. The van der Waals surface area contributed by atoms with Crippen LogP contribution in [0.3, 0.4) is 0 Å². The lowest BCUT2D eigenvalue weighted by molar-refractivity contribution is 0.0210. The Morgan fingerprint density at radius 2 is 2.00 bits per heavy atom. The van der Waals surface area contributed by atoms with Gasteiger partial charge in [0.15, 0.2) is 0 Å². The van der Waals surface area contributed by atoms with E-state index in [2.05, 4.69) is 27.9 Å². The monoisotopic (exact) mass is 436 g/mol.